The van der Waals surface area contributed by atoms with Gasteiger partial charge in [-0.25, -0.2) is 0 Å². The molecular formula is C10H20N2S. The van der Waals surface area contributed by atoms with E-state index < -0.39 is 0 Å². The van der Waals surface area contributed by atoms with Gasteiger partial charge in [-0.1, -0.05) is 0 Å². The average molecular weight is 200 g/mol. The third-order valence-electron chi connectivity index (χ3n) is 3.39. The van der Waals surface area contributed by atoms with E-state index in [1.54, 1.807) is 0 Å². The predicted octanol–water partition coefficient (Wildman–Crippen LogP) is 1.17. The largest absolute Gasteiger partial charge is 0.308 e. The van der Waals surface area contributed by atoms with Gasteiger partial charge in [-0.2, -0.15) is 11.8 Å². The van der Waals surface area contributed by atoms with Crippen molar-refractivity contribution < 1.29 is 0 Å². The monoisotopic (exact) mass is 200 g/mol. The zero-order chi connectivity index (χ0) is 9.26. The van der Waals surface area contributed by atoms with E-state index in [1.807, 2.05) is 0 Å². The van der Waals surface area contributed by atoms with E-state index in [1.165, 1.54) is 30.9 Å². The summed E-state index contributed by atoms with van der Waals surface area (Å²) in [6.45, 7) is 3.63. The molecule has 13 heavy (non-hydrogen) atoms. The van der Waals surface area contributed by atoms with E-state index in [0.717, 1.165) is 18.1 Å². The summed E-state index contributed by atoms with van der Waals surface area (Å²) in [4.78, 5) is 2.48. The zero-order valence-corrected chi connectivity index (χ0v) is 9.44. The standard InChI is InChI=1S/C10H20N2S/c1-8-10(4-3-5-12(8)2)11-9-6-13-7-9/h8-11H,3-7H2,1-2H3. The molecule has 2 nitrogen and oxygen atoms in total. The molecule has 0 aromatic rings. The number of nitrogens with one attached hydrogen (secondary N) is 1. The number of hydrogen-bond acceptors (Lipinski definition) is 3. The SMILES string of the molecule is CC1C(NC2CSC2)CCCN1C. The molecule has 2 unspecified atom stereocenters. The Kier molecular flexibility index (Phi) is 3.17. The Labute approximate surface area is 85.4 Å². The van der Waals surface area contributed by atoms with Crippen LogP contribution in [0, 0.1) is 0 Å². The maximum absolute atomic E-state index is 3.77. The third-order valence-corrected chi connectivity index (χ3v) is 4.67. The number of nitrogens with zero attached hydrogens (tertiary/aromatic N) is 1. The molecule has 2 atom stereocenters. The first kappa shape index (κ1) is 9.81. The van der Waals surface area contributed by atoms with Crippen molar-refractivity contribution in [1.82, 2.24) is 10.2 Å². The van der Waals surface area contributed by atoms with Crippen LogP contribution in [0.3, 0.4) is 0 Å². The quantitative estimate of drug-likeness (QED) is 0.720. The molecule has 3 heteroatoms. The van der Waals surface area contributed by atoms with Gasteiger partial charge in [0.1, 0.15) is 0 Å². The number of likely N-dealkylation sites (tertiary alicyclic amines) is 1. The number of piperidine rings is 1. The van der Waals surface area contributed by atoms with Gasteiger partial charge in [0.15, 0.2) is 0 Å². The van der Waals surface area contributed by atoms with Gasteiger partial charge in [-0.3, -0.25) is 0 Å². The Morgan fingerprint density at radius 1 is 1.38 bits per heavy atom. The van der Waals surface area contributed by atoms with Gasteiger partial charge in [0.05, 0.1) is 0 Å². The molecule has 1 N–H and O–H groups in total. The van der Waals surface area contributed by atoms with Crippen molar-refractivity contribution in [3.05, 3.63) is 0 Å². The van der Waals surface area contributed by atoms with E-state index in [-0.39, 0.29) is 0 Å². The summed E-state index contributed by atoms with van der Waals surface area (Å²) in [7, 11) is 2.24. The first-order valence-corrected chi connectivity index (χ1v) is 6.47. The fourth-order valence-corrected chi connectivity index (χ4v) is 2.83. The summed E-state index contributed by atoms with van der Waals surface area (Å²) in [6.07, 6.45) is 2.73. The van der Waals surface area contributed by atoms with Crippen LogP contribution < -0.4 is 5.32 Å². The molecule has 2 aliphatic heterocycles. The highest BCUT2D eigenvalue weighted by molar-refractivity contribution is 8.00. The fraction of sp³-hybridized carbons (Fsp3) is 1.00. The van der Waals surface area contributed by atoms with Crippen molar-refractivity contribution in [3.8, 4) is 0 Å². The Balaban J connectivity index is 1.82. The molecule has 76 valence electrons. The summed E-state index contributed by atoms with van der Waals surface area (Å²) >= 11 is 2.06. The van der Waals surface area contributed by atoms with Gasteiger partial charge >= 0.3 is 0 Å². The molecule has 0 aromatic carbocycles. The predicted molar refractivity (Wildman–Crippen MR) is 59.4 cm³/mol. The van der Waals surface area contributed by atoms with Crippen LogP contribution >= 0.6 is 11.8 Å². The maximum atomic E-state index is 3.77. The highest BCUT2D eigenvalue weighted by atomic mass is 32.2. The number of likely N-dealkylation sites (N-methyl/N-ethyl adjacent to an activating group) is 1. The van der Waals surface area contributed by atoms with Crippen LogP contribution in [0.1, 0.15) is 19.8 Å². The molecular weight excluding hydrogens is 180 g/mol. The molecule has 2 fully saturated rings. The van der Waals surface area contributed by atoms with E-state index in [9.17, 15) is 0 Å². The molecule has 2 rings (SSSR count). The highest BCUT2D eigenvalue weighted by Gasteiger charge is 2.29. The lowest BCUT2D eigenvalue weighted by Crippen LogP contribution is -2.56. The van der Waals surface area contributed by atoms with Crippen LogP contribution in [-0.2, 0) is 0 Å². The Hall–Kier alpha value is 0.270. The molecule has 0 bridgehead atoms. The normalized spacial score (nSPS) is 37.4. The molecule has 2 aliphatic rings. The van der Waals surface area contributed by atoms with E-state index >= 15 is 0 Å². The molecule has 2 heterocycles. The van der Waals surface area contributed by atoms with E-state index in [0.29, 0.717) is 0 Å². The minimum Gasteiger partial charge on any atom is -0.308 e. The summed E-state index contributed by atoms with van der Waals surface area (Å²) in [5.41, 5.74) is 0. The van der Waals surface area contributed by atoms with Crippen LogP contribution in [0.5, 0.6) is 0 Å². The smallest absolute Gasteiger partial charge is 0.0252 e. The molecule has 0 saturated carbocycles. The van der Waals surface area contributed by atoms with Gasteiger partial charge in [-0.15, -0.1) is 0 Å². The van der Waals surface area contributed by atoms with Gasteiger partial charge in [-0.05, 0) is 33.4 Å². The highest BCUT2D eigenvalue weighted by Crippen LogP contribution is 2.22. The Morgan fingerprint density at radius 3 is 2.77 bits per heavy atom. The molecule has 2 saturated heterocycles. The first-order valence-electron chi connectivity index (χ1n) is 5.31. The van der Waals surface area contributed by atoms with Crippen molar-refractivity contribution in [2.75, 3.05) is 25.1 Å². The second kappa shape index (κ2) is 4.20. The Morgan fingerprint density at radius 2 is 2.15 bits per heavy atom. The molecule has 0 aliphatic carbocycles. The molecule has 0 amide bonds. The lowest BCUT2D eigenvalue weighted by atomic mass is 9.97. The number of rotatable bonds is 2. The van der Waals surface area contributed by atoms with Crippen molar-refractivity contribution in [3.63, 3.8) is 0 Å². The van der Waals surface area contributed by atoms with Gasteiger partial charge in [0, 0.05) is 29.6 Å². The second-order valence-corrected chi connectivity index (χ2v) is 5.45. The van der Waals surface area contributed by atoms with Crippen LogP contribution in [0.15, 0.2) is 0 Å². The minimum atomic E-state index is 0.722. The van der Waals surface area contributed by atoms with Crippen LogP contribution in [0.25, 0.3) is 0 Å². The summed E-state index contributed by atoms with van der Waals surface area (Å²) < 4.78 is 0. The first-order chi connectivity index (χ1) is 6.27. The molecule has 0 radical (unpaired) electrons. The summed E-state index contributed by atoms with van der Waals surface area (Å²) in [5.74, 6) is 2.65. The van der Waals surface area contributed by atoms with Gasteiger partial charge < -0.3 is 10.2 Å². The lowest BCUT2D eigenvalue weighted by molar-refractivity contribution is 0.149. The van der Waals surface area contributed by atoms with Crippen molar-refractivity contribution in [2.24, 2.45) is 0 Å². The third kappa shape index (κ3) is 2.20. The topological polar surface area (TPSA) is 15.3 Å². The van der Waals surface area contributed by atoms with Crippen molar-refractivity contribution in [2.45, 2.75) is 37.9 Å². The van der Waals surface area contributed by atoms with E-state index in [4.69, 9.17) is 0 Å². The number of hydrogen-bond donors (Lipinski definition) is 1. The average Bonchev–Trinajstić information content (AvgIpc) is 2.04. The molecule has 0 spiro atoms. The minimum absolute atomic E-state index is 0.722. The lowest BCUT2D eigenvalue weighted by Gasteiger charge is -2.41. The van der Waals surface area contributed by atoms with Gasteiger partial charge in [0.2, 0.25) is 0 Å². The Bertz CT molecular complexity index is 170. The fourth-order valence-electron chi connectivity index (χ4n) is 2.17. The van der Waals surface area contributed by atoms with Crippen molar-refractivity contribution in [1.29, 1.82) is 0 Å². The van der Waals surface area contributed by atoms with E-state index in [2.05, 4.69) is 35.9 Å². The van der Waals surface area contributed by atoms with Crippen LogP contribution in [0.2, 0.25) is 0 Å². The van der Waals surface area contributed by atoms with Crippen LogP contribution in [0.4, 0.5) is 0 Å². The van der Waals surface area contributed by atoms with Crippen LogP contribution in [-0.4, -0.2) is 48.1 Å². The molecule has 0 aromatic heterocycles. The van der Waals surface area contributed by atoms with Gasteiger partial charge in [0.25, 0.3) is 0 Å². The second-order valence-electron chi connectivity index (χ2n) is 4.37. The van der Waals surface area contributed by atoms with Crippen molar-refractivity contribution >= 4 is 11.8 Å². The summed E-state index contributed by atoms with van der Waals surface area (Å²) in [5, 5.41) is 3.77. The zero-order valence-electron chi connectivity index (χ0n) is 8.62. The summed E-state index contributed by atoms with van der Waals surface area (Å²) in [6, 6.07) is 2.27. The maximum Gasteiger partial charge on any atom is 0.0252 e. The number of thioether (sulfide) groups is 1.